The van der Waals surface area contributed by atoms with Crippen LogP contribution in [0.25, 0.3) is 0 Å². The zero-order chi connectivity index (χ0) is 13.9. The third-order valence-corrected chi connectivity index (χ3v) is 5.28. The lowest BCUT2D eigenvalue weighted by Gasteiger charge is -2.45. The Morgan fingerprint density at radius 2 is 1.95 bits per heavy atom. The SMILES string of the molecule is CC(C)C(CN)C(F)C1CCOC2(CCCCC2)C1. The van der Waals surface area contributed by atoms with Gasteiger partial charge in [0.2, 0.25) is 0 Å². The second kappa shape index (κ2) is 6.53. The molecular formula is C16H30FNO. The zero-order valence-electron chi connectivity index (χ0n) is 12.5. The molecule has 0 bridgehead atoms. The second-order valence-corrected chi connectivity index (χ2v) is 6.93. The van der Waals surface area contributed by atoms with Crippen LogP contribution in [-0.4, -0.2) is 24.9 Å². The van der Waals surface area contributed by atoms with Crippen molar-refractivity contribution in [2.45, 2.75) is 70.6 Å². The molecule has 1 spiro atoms. The molecular weight excluding hydrogens is 241 g/mol. The van der Waals surface area contributed by atoms with Gasteiger partial charge in [-0.2, -0.15) is 0 Å². The molecule has 1 saturated heterocycles. The summed E-state index contributed by atoms with van der Waals surface area (Å²) in [6.07, 6.45) is 7.09. The number of halogens is 1. The minimum absolute atomic E-state index is 0.00162. The summed E-state index contributed by atoms with van der Waals surface area (Å²) in [5, 5.41) is 0. The van der Waals surface area contributed by atoms with Crippen LogP contribution < -0.4 is 5.73 Å². The first-order chi connectivity index (χ1) is 9.08. The lowest BCUT2D eigenvalue weighted by atomic mass is 9.72. The van der Waals surface area contributed by atoms with Crippen molar-refractivity contribution in [3.8, 4) is 0 Å². The number of alkyl halides is 1. The number of ether oxygens (including phenoxy) is 1. The summed E-state index contributed by atoms with van der Waals surface area (Å²) in [6.45, 7) is 5.36. The van der Waals surface area contributed by atoms with E-state index in [2.05, 4.69) is 13.8 Å². The van der Waals surface area contributed by atoms with Crippen molar-refractivity contribution in [2.24, 2.45) is 23.5 Å². The molecule has 3 heteroatoms. The predicted molar refractivity (Wildman–Crippen MR) is 76.8 cm³/mol. The van der Waals surface area contributed by atoms with Gasteiger partial charge in [-0.15, -0.1) is 0 Å². The molecule has 0 aromatic heterocycles. The van der Waals surface area contributed by atoms with Crippen LogP contribution in [0.1, 0.15) is 58.8 Å². The minimum Gasteiger partial charge on any atom is -0.375 e. The first-order valence-electron chi connectivity index (χ1n) is 8.06. The number of rotatable bonds is 4. The third-order valence-electron chi connectivity index (χ3n) is 5.28. The smallest absolute Gasteiger partial charge is 0.107 e. The molecule has 2 nitrogen and oxygen atoms in total. The molecule has 1 heterocycles. The molecule has 19 heavy (non-hydrogen) atoms. The third kappa shape index (κ3) is 3.49. The largest absolute Gasteiger partial charge is 0.375 e. The van der Waals surface area contributed by atoms with E-state index in [0.717, 1.165) is 32.3 Å². The molecule has 3 atom stereocenters. The highest BCUT2D eigenvalue weighted by Crippen LogP contribution is 2.43. The molecule has 1 aliphatic heterocycles. The summed E-state index contributed by atoms with van der Waals surface area (Å²) in [6, 6.07) is 0. The molecule has 0 aromatic rings. The van der Waals surface area contributed by atoms with E-state index in [-0.39, 0.29) is 17.4 Å². The molecule has 3 unspecified atom stereocenters. The van der Waals surface area contributed by atoms with Crippen LogP contribution in [0.5, 0.6) is 0 Å². The van der Waals surface area contributed by atoms with Gasteiger partial charge in [-0.05, 0) is 44.1 Å². The van der Waals surface area contributed by atoms with Crippen molar-refractivity contribution in [2.75, 3.05) is 13.2 Å². The maximum absolute atomic E-state index is 14.8. The Hall–Kier alpha value is -0.150. The normalized spacial score (nSPS) is 30.5. The van der Waals surface area contributed by atoms with E-state index >= 15 is 0 Å². The predicted octanol–water partition coefficient (Wildman–Crippen LogP) is 3.68. The van der Waals surface area contributed by atoms with Crippen molar-refractivity contribution in [3.63, 3.8) is 0 Å². The van der Waals surface area contributed by atoms with Crippen LogP contribution in [0.15, 0.2) is 0 Å². The summed E-state index contributed by atoms with van der Waals surface area (Å²) in [4.78, 5) is 0. The molecule has 112 valence electrons. The molecule has 1 saturated carbocycles. The molecule has 2 N–H and O–H groups in total. The maximum Gasteiger partial charge on any atom is 0.107 e. The van der Waals surface area contributed by atoms with Crippen LogP contribution in [0.2, 0.25) is 0 Å². The van der Waals surface area contributed by atoms with Crippen molar-refractivity contribution >= 4 is 0 Å². The van der Waals surface area contributed by atoms with Gasteiger partial charge in [-0.1, -0.05) is 33.1 Å². The molecule has 2 fully saturated rings. The Labute approximate surface area is 117 Å². The van der Waals surface area contributed by atoms with Gasteiger partial charge in [0.1, 0.15) is 6.17 Å². The van der Waals surface area contributed by atoms with Gasteiger partial charge in [0, 0.05) is 12.5 Å². The minimum atomic E-state index is -0.757. The Balaban J connectivity index is 1.99. The van der Waals surface area contributed by atoms with Crippen LogP contribution in [0.3, 0.4) is 0 Å². The fourth-order valence-electron chi connectivity index (χ4n) is 4.00. The fourth-order valence-corrected chi connectivity index (χ4v) is 4.00. The highest BCUT2D eigenvalue weighted by molar-refractivity contribution is 4.93. The van der Waals surface area contributed by atoms with Gasteiger partial charge in [0.15, 0.2) is 0 Å². The topological polar surface area (TPSA) is 35.2 Å². The van der Waals surface area contributed by atoms with E-state index in [4.69, 9.17) is 10.5 Å². The Bertz CT molecular complexity index is 270. The van der Waals surface area contributed by atoms with Crippen molar-refractivity contribution in [1.82, 2.24) is 0 Å². The summed E-state index contributed by atoms with van der Waals surface area (Å²) in [5.74, 6) is 0.483. The van der Waals surface area contributed by atoms with E-state index in [1.165, 1.54) is 19.3 Å². The molecule has 0 aromatic carbocycles. The van der Waals surface area contributed by atoms with Crippen LogP contribution in [0.4, 0.5) is 4.39 Å². The van der Waals surface area contributed by atoms with Crippen molar-refractivity contribution in [1.29, 1.82) is 0 Å². The maximum atomic E-state index is 14.8. The molecule has 0 radical (unpaired) electrons. The standard InChI is InChI=1S/C16H30FNO/c1-12(2)14(11-18)15(17)13-6-9-19-16(10-13)7-4-3-5-8-16/h12-15H,3-11,18H2,1-2H3. The van der Waals surface area contributed by atoms with Crippen molar-refractivity contribution < 1.29 is 9.13 Å². The number of nitrogens with two attached hydrogens (primary N) is 1. The molecule has 2 aliphatic rings. The van der Waals surface area contributed by atoms with E-state index in [1.54, 1.807) is 0 Å². The molecule has 0 amide bonds. The van der Waals surface area contributed by atoms with E-state index in [9.17, 15) is 4.39 Å². The van der Waals surface area contributed by atoms with Gasteiger partial charge >= 0.3 is 0 Å². The van der Waals surface area contributed by atoms with Crippen LogP contribution in [-0.2, 0) is 4.74 Å². The summed E-state index contributed by atoms with van der Waals surface area (Å²) >= 11 is 0. The first kappa shape index (κ1) is 15.2. The second-order valence-electron chi connectivity index (χ2n) is 6.93. The first-order valence-corrected chi connectivity index (χ1v) is 8.06. The quantitative estimate of drug-likeness (QED) is 0.846. The molecule has 1 aliphatic carbocycles. The van der Waals surface area contributed by atoms with Gasteiger partial charge in [-0.25, -0.2) is 4.39 Å². The summed E-state index contributed by atoms with van der Waals surface area (Å²) in [7, 11) is 0. The van der Waals surface area contributed by atoms with E-state index in [0.29, 0.717) is 12.5 Å². The van der Waals surface area contributed by atoms with Crippen LogP contribution >= 0.6 is 0 Å². The summed E-state index contributed by atoms with van der Waals surface area (Å²) in [5.41, 5.74) is 5.78. The molecule has 2 rings (SSSR count). The Kier molecular flexibility index (Phi) is 5.24. The monoisotopic (exact) mass is 271 g/mol. The highest BCUT2D eigenvalue weighted by atomic mass is 19.1. The van der Waals surface area contributed by atoms with Crippen molar-refractivity contribution in [3.05, 3.63) is 0 Å². The lowest BCUT2D eigenvalue weighted by molar-refractivity contribution is -0.131. The number of hydrogen-bond acceptors (Lipinski definition) is 2. The highest BCUT2D eigenvalue weighted by Gasteiger charge is 2.42. The summed E-state index contributed by atoms with van der Waals surface area (Å²) < 4.78 is 20.9. The van der Waals surface area contributed by atoms with Gasteiger partial charge < -0.3 is 10.5 Å². The zero-order valence-corrected chi connectivity index (χ0v) is 12.5. The average Bonchev–Trinajstić information content (AvgIpc) is 2.40. The van der Waals surface area contributed by atoms with Crippen LogP contribution in [0, 0.1) is 17.8 Å². The fraction of sp³-hybridized carbons (Fsp3) is 1.00. The van der Waals surface area contributed by atoms with Gasteiger partial charge in [0.25, 0.3) is 0 Å². The Morgan fingerprint density at radius 3 is 2.53 bits per heavy atom. The average molecular weight is 271 g/mol. The van der Waals surface area contributed by atoms with Gasteiger partial charge in [0.05, 0.1) is 5.60 Å². The van der Waals surface area contributed by atoms with E-state index < -0.39 is 6.17 Å². The lowest BCUT2D eigenvalue weighted by Crippen LogP contribution is -2.46. The van der Waals surface area contributed by atoms with E-state index in [1.807, 2.05) is 0 Å². The van der Waals surface area contributed by atoms with Gasteiger partial charge in [-0.3, -0.25) is 0 Å². The number of hydrogen-bond donors (Lipinski definition) is 1. The Morgan fingerprint density at radius 1 is 1.26 bits per heavy atom.